The van der Waals surface area contributed by atoms with Crippen LogP contribution in [0, 0.1) is 0 Å². The molecule has 7 heteroatoms. The molecular formula is C12H17N3O4. The predicted octanol–water partition coefficient (Wildman–Crippen LogP) is 1.59. The topological polar surface area (TPSA) is 95.7 Å². The summed E-state index contributed by atoms with van der Waals surface area (Å²) >= 11 is 0. The van der Waals surface area contributed by atoms with E-state index >= 15 is 0 Å². The van der Waals surface area contributed by atoms with Crippen LogP contribution < -0.4 is 0 Å². The third-order valence-electron chi connectivity index (χ3n) is 3.29. The van der Waals surface area contributed by atoms with E-state index in [9.17, 15) is 14.7 Å². The largest absolute Gasteiger partial charge is 0.476 e. The summed E-state index contributed by atoms with van der Waals surface area (Å²) < 4.78 is 1.64. The maximum Gasteiger partial charge on any atom is 0.407 e. The molecule has 0 saturated heterocycles. The van der Waals surface area contributed by atoms with Gasteiger partial charge in [0.25, 0.3) is 0 Å². The van der Waals surface area contributed by atoms with Gasteiger partial charge in [0.1, 0.15) is 0 Å². The van der Waals surface area contributed by atoms with Crippen LogP contribution in [-0.4, -0.2) is 43.5 Å². The minimum atomic E-state index is -1.06. The molecule has 0 radical (unpaired) electrons. The van der Waals surface area contributed by atoms with Crippen molar-refractivity contribution in [1.29, 1.82) is 0 Å². The van der Waals surface area contributed by atoms with E-state index in [4.69, 9.17) is 5.11 Å². The molecule has 0 aromatic carbocycles. The molecule has 0 atom stereocenters. The second kappa shape index (κ2) is 4.91. The van der Waals surface area contributed by atoms with Crippen molar-refractivity contribution in [3.63, 3.8) is 0 Å². The number of amides is 1. The Balaban J connectivity index is 2.51. The second-order valence-electron chi connectivity index (χ2n) is 4.95. The van der Waals surface area contributed by atoms with Crippen molar-refractivity contribution < 1.29 is 19.8 Å². The standard InChI is InChI=1S/C12H17N3O4/c1-7(2)9-8-6-14(12(18)19)4-3-5-15(8)13-10(9)11(16)17/h7H,3-6H2,1-2H3,(H,16,17)(H,18,19). The summed E-state index contributed by atoms with van der Waals surface area (Å²) in [6.07, 6.45) is -0.348. The zero-order valence-corrected chi connectivity index (χ0v) is 11.0. The van der Waals surface area contributed by atoms with Crippen molar-refractivity contribution in [1.82, 2.24) is 14.7 Å². The number of aryl methyl sites for hydroxylation is 1. The zero-order chi connectivity index (χ0) is 14.2. The van der Waals surface area contributed by atoms with Crippen LogP contribution in [0.25, 0.3) is 0 Å². The third-order valence-corrected chi connectivity index (χ3v) is 3.29. The van der Waals surface area contributed by atoms with Crippen LogP contribution >= 0.6 is 0 Å². The van der Waals surface area contributed by atoms with Gasteiger partial charge in [-0.3, -0.25) is 4.68 Å². The molecule has 104 valence electrons. The molecule has 1 aromatic heterocycles. The van der Waals surface area contributed by atoms with Crippen molar-refractivity contribution >= 4 is 12.1 Å². The number of fused-ring (bicyclic) bond motifs is 1. The van der Waals surface area contributed by atoms with Crippen LogP contribution in [0.2, 0.25) is 0 Å². The van der Waals surface area contributed by atoms with Gasteiger partial charge in [0.15, 0.2) is 5.69 Å². The molecule has 1 aliphatic heterocycles. The zero-order valence-electron chi connectivity index (χ0n) is 11.0. The van der Waals surface area contributed by atoms with E-state index in [0.717, 1.165) is 0 Å². The number of carboxylic acid groups (broad SMARTS) is 2. The first kappa shape index (κ1) is 13.4. The van der Waals surface area contributed by atoms with Crippen molar-refractivity contribution in [2.75, 3.05) is 6.54 Å². The molecule has 7 nitrogen and oxygen atoms in total. The Morgan fingerprint density at radius 1 is 1.26 bits per heavy atom. The van der Waals surface area contributed by atoms with E-state index in [1.54, 1.807) is 4.68 Å². The average molecular weight is 267 g/mol. The van der Waals surface area contributed by atoms with Gasteiger partial charge in [-0.25, -0.2) is 9.59 Å². The normalized spacial score (nSPS) is 15.2. The van der Waals surface area contributed by atoms with Gasteiger partial charge in [0, 0.05) is 18.7 Å². The van der Waals surface area contributed by atoms with E-state index in [1.165, 1.54) is 4.90 Å². The molecule has 0 bridgehead atoms. The first-order valence-electron chi connectivity index (χ1n) is 6.22. The number of aromatic nitrogens is 2. The molecule has 2 rings (SSSR count). The number of aromatic carboxylic acids is 1. The molecule has 1 amide bonds. The Labute approximate surface area is 110 Å². The van der Waals surface area contributed by atoms with E-state index in [-0.39, 0.29) is 18.2 Å². The van der Waals surface area contributed by atoms with Crippen LogP contribution in [0.15, 0.2) is 0 Å². The molecule has 2 heterocycles. The monoisotopic (exact) mass is 267 g/mol. The number of nitrogens with zero attached hydrogens (tertiary/aromatic N) is 3. The molecule has 2 N–H and O–H groups in total. The summed E-state index contributed by atoms with van der Waals surface area (Å²) in [5, 5.41) is 22.4. The van der Waals surface area contributed by atoms with Crippen molar-refractivity contribution in [3.05, 3.63) is 17.0 Å². The smallest absolute Gasteiger partial charge is 0.407 e. The molecule has 0 unspecified atom stereocenters. The van der Waals surface area contributed by atoms with E-state index in [0.29, 0.717) is 30.8 Å². The van der Waals surface area contributed by atoms with Crippen LogP contribution in [0.5, 0.6) is 0 Å². The first-order chi connectivity index (χ1) is 8.91. The minimum absolute atomic E-state index is 0.0106. The van der Waals surface area contributed by atoms with E-state index in [1.807, 2.05) is 13.8 Å². The summed E-state index contributed by atoms with van der Waals surface area (Å²) in [6, 6.07) is 0. The van der Waals surface area contributed by atoms with Gasteiger partial charge in [0.2, 0.25) is 0 Å². The van der Waals surface area contributed by atoms with Gasteiger partial charge in [-0.2, -0.15) is 5.10 Å². The maximum absolute atomic E-state index is 11.2. The molecule has 0 saturated carbocycles. The number of carbonyl (C=O) groups is 2. The lowest BCUT2D eigenvalue weighted by atomic mass is 10.00. The lowest BCUT2D eigenvalue weighted by Crippen LogP contribution is -2.29. The highest BCUT2D eigenvalue weighted by Crippen LogP contribution is 2.27. The number of hydrogen-bond acceptors (Lipinski definition) is 3. The second-order valence-corrected chi connectivity index (χ2v) is 4.95. The van der Waals surface area contributed by atoms with Crippen LogP contribution in [0.1, 0.15) is 47.9 Å². The van der Waals surface area contributed by atoms with Crippen molar-refractivity contribution in [2.45, 2.75) is 39.3 Å². The van der Waals surface area contributed by atoms with Gasteiger partial charge < -0.3 is 15.1 Å². The van der Waals surface area contributed by atoms with Crippen molar-refractivity contribution in [3.8, 4) is 0 Å². The molecule has 0 aliphatic carbocycles. The van der Waals surface area contributed by atoms with Gasteiger partial charge >= 0.3 is 12.1 Å². The summed E-state index contributed by atoms with van der Waals surface area (Å²) in [4.78, 5) is 23.7. The number of hydrogen-bond donors (Lipinski definition) is 2. The molecular weight excluding hydrogens is 250 g/mol. The van der Waals surface area contributed by atoms with Gasteiger partial charge in [-0.05, 0) is 12.3 Å². The van der Waals surface area contributed by atoms with Crippen LogP contribution in [0.4, 0.5) is 4.79 Å². The number of rotatable bonds is 2. The Morgan fingerprint density at radius 3 is 2.47 bits per heavy atom. The highest BCUT2D eigenvalue weighted by molar-refractivity contribution is 5.87. The Bertz CT molecular complexity index is 521. The van der Waals surface area contributed by atoms with Crippen molar-refractivity contribution in [2.24, 2.45) is 0 Å². The summed E-state index contributed by atoms with van der Waals surface area (Å²) in [6.45, 7) is 4.97. The molecule has 1 aromatic rings. The average Bonchev–Trinajstić information content (AvgIpc) is 2.54. The lowest BCUT2D eigenvalue weighted by molar-refractivity contribution is 0.0687. The Hall–Kier alpha value is -2.05. The highest BCUT2D eigenvalue weighted by atomic mass is 16.4. The fourth-order valence-corrected chi connectivity index (χ4v) is 2.46. The Kier molecular flexibility index (Phi) is 3.46. The Morgan fingerprint density at radius 2 is 1.95 bits per heavy atom. The summed E-state index contributed by atoms with van der Waals surface area (Å²) in [5.74, 6) is -1.07. The van der Waals surface area contributed by atoms with E-state index in [2.05, 4.69) is 5.10 Å². The first-order valence-corrected chi connectivity index (χ1v) is 6.22. The van der Waals surface area contributed by atoms with Gasteiger partial charge in [0.05, 0.1) is 12.2 Å². The minimum Gasteiger partial charge on any atom is -0.476 e. The SMILES string of the molecule is CC(C)c1c(C(=O)O)nn2c1CN(C(=O)O)CCC2. The predicted molar refractivity (Wildman–Crippen MR) is 66.3 cm³/mol. The summed E-state index contributed by atoms with van der Waals surface area (Å²) in [7, 11) is 0. The molecule has 1 aliphatic rings. The quantitative estimate of drug-likeness (QED) is 0.848. The fraction of sp³-hybridized carbons (Fsp3) is 0.583. The summed E-state index contributed by atoms with van der Waals surface area (Å²) in [5.41, 5.74) is 1.38. The fourth-order valence-electron chi connectivity index (χ4n) is 2.46. The third kappa shape index (κ3) is 2.40. The lowest BCUT2D eigenvalue weighted by Gasteiger charge is -2.17. The highest BCUT2D eigenvalue weighted by Gasteiger charge is 2.28. The van der Waals surface area contributed by atoms with Crippen LogP contribution in [0.3, 0.4) is 0 Å². The molecule has 0 spiro atoms. The van der Waals surface area contributed by atoms with Gasteiger partial charge in [-0.1, -0.05) is 13.8 Å². The van der Waals surface area contributed by atoms with Crippen LogP contribution in [-0.2, 0) is 13.1 Å². The van der Waals surface area contributed by atoms with E-state index < -0.39 is 12.1 Å². The van der Waals surface area contributed by atoms with Gasteiger partial charge in [-0.15, -0.1) is 0 Å². The molecule has 19 heavy (non-hydrogen) atoms. The number of carboxylic acids is 1. The maximum atomic E-state index is 11.2. The molecule has 0 fully saturated rings.